The van der Waals surface area contributed by atoms with Gasteiger partial charge in [0.05, 0.1) is 0 Å². The fourth-order valence-corrected chi connectivity index (χ4v) is 3.83. The van der Waals surface area contributed by atoms with Gasteiger partial charge < -0.3 is 5.32 Å². The van der Waals surface area contributed by atoms with Crippen LogP contribution >= 0.6 is 0 Å². The van der Waals surface area contributed by atoms with E-state index in [1.807, 2.05) is 0 Å². The molecule has 1 aliphatic rings. The molecule has 1 aromatic rings. The van der Waals surface area contributed by atoms with E-state index in [2.05, 4.69) is 62.2 Å². The molecule has 0 saturated carbocycles. The van der Waals surface area contributed by atoms with Crippen LogP contribution in [-0.2, 0) is 0 Å². The number of hydrogen-bond donors (Lipinski definition) is 1. The normalized spacial score (nSPS) is 25.1. The summed E-state index contributed by atoms with van der Waals surface area (Å²) in [5.41, 5.74) is 3.08. The van der Waals surface area contributed by atoms with Gasteiger partial charge in [0.1, 0.15) is 0 Å². The topological polar surface area (TPSA) is 15.3 Å². The standard InChI is InChI=1S/C19H32N2/c1-5-12-20-19-17-11-9-8-10-16(17)15(4)14-18(19)21(7-3)13-6-2/h8-11,15,18-20H,5-7,12-14H2,1-4H3. The molecule has 0 radical (unpaired) electrons. The van der Waals surface area contributed by atoms with Gasteiger partial charge in [-0.2, -0.15) is 0 Å². The van der Waals surface area contributed by atoms with Crippen LogP contribution in [0.3, 0.4) is 0 Å². The first kappa shape index (κ1) is 16.5. The molecular weight excluding hydrogens is 256 g/mol. The molecule has 2 heteroatoms. The smallest absolute Gasteiger partial charge is 0.0481 e. The van der Waals surface area contributed by atoms with Crippen molar-refractivity contribution in [2.24, 2.45) is 0 Å². The van der Waals surface area contributed by atoms with Crippen molar-refractivity contribution in [1.29, 1.82) is 0 Å². The van der Waals surface area contributed by atoms with E-state index in [9.17, 15) is 0 Å². The molecule has 0 bridgehead atoms. The van der Waals surface area contributed by atoms with Crippen LogP contribution in [0.25, 0.3) is 0 Å². The Morgan fingerprint density at radius 2 is 1.81 bits per heavy atom. The Morgan fingerprint density at radius 1 is 1.10 bits per heavy atom. The Balaban J connectivity index is 2.31. The molecule has 1 N–H and O–H groups in total. The van der Waals surface area contributed by atoms with Gasteiger partial charge in [-0.05, 0) is 55.9 Å². The number of nitrogens with zero attached hydrogens (tertiary/aromatic N) is 1. The van der Waals surface area contributed by atoms with Crippen molar-refractivity contribution in [3.05, 3.63) is 35.4 Å². The minimum atomic E-state index is 0.490. The van der Waals surface area contributed by atoms with Gasteiger partial charge in [0.2, 0.25) is 0 Å². The number of hydrogen-bond acceptors (Lipinski definition) is 2. The van der Waals surface area contributed by atoms with Crippen molar-refractivity contribution in [3.8, 4) is 0 Å². The van der Waals surface area contributed by atoms with E-state index >= 15 is 0 Å². The number of nitrogens with one attached hydrogen (secondary N) is 1. The quantitative estimate of drug-likeness (QED) is 0.803. The molecular formula is C19H32N2. The maximum absolute atomic E-state index is 3.83. The van der Waals surface area contributed by atoms with Crippen molar-refractivity contribution in [1.82, 2.24) is 10.2 Å². The Hall–Kier alpha value is -0.860. The van der Waals surface area contributed by atoms with Gasteiger partial charge in [0, 0.05) is 12.1 Å². The summed E-state index contributed by atoms with van der Waals surface area (Å²) in [6.45, 7) is 12.7. The van der Waals surface area contributed by atoms with Gasteiger partial charge in [0.25, 0.3) is 0 Å². The Bertz CT molecular complexity index is 429. The largest absolute Gasteiger partial charge is 0.309 e. The molecule has 0 aliphatic heterocycles. The van der Waals surface area contributed by atoms with E-state index < -0.39 is 0 Å². The van der Waals surface area contributed by atoms with Gasteiger partial charge >= 0.3 is 0 Å². The van der Waals surface area contributed by atoms with Gasteiger partial charge in [0.15, 0.2) is 0 Å². The first-order valence-corrected chi connectivity index (χ1v) is 8.79. The second-order valence-corrected chi connectivity index (χ2v) is 6.39. The summed E-state index contributed by atoms with van der Waals surface area (Å²) >= 11 is 0. The molecule has 3 unspecified atom stereocenters. The summed E-state index contributed by atoms with van der Waals surface area (Å²) in [5, 5.41) is 3.83. The van der Waals surface area contributed by atoms with Crippen molar-refractivity contribution < 1.29 is 0 Å². The van der Waals surface area contributed by atoms with E-state index in [0.717, 1.165) is 13.1 Å². The highest BCUT2D eigenvalue weighted by molar-refractivity contribution is 5.36. The number of likely N-dealkylation sites (N-methyl/N-ethyl adjacent to an activating group) is 1. The van der Waals surface area contributed by atoms with Gasteiger partial charge in [-0.1, -0.05) is 52.0 Å². The molecule has 1 aliphatic carbocycles. The van der Waals surface area contributed by atoms with Crippen LogP contribution < -0.4 is 5.32 Å². The lowest BCUT2D eigenvalue weighted by molar-refractivity contribution is 0.139. The predicted octanol–water partition coefficient (Wildman–Crippen LogP) is 4.34. The highest BCUT2D eigenvalue weighted by atomic mass is 15.2. The maximum Gasteiger partial charge on any atom is 0.0481 e. The van der Waals surface area contributed by atoms with Crippen LogP contribution in [0.15, 0.2) is 24.3 Å². The third-order valence-corrected chi connectivity index (χ3v) is 4.84. The molecule has 3 atom stereocenters. The van der Waals surface area contributed by atoms with E-state index in [1.165, 1.54) is 31.4 Å². The number of benzene rings is 1. The molecule has 0 aromatic heterocycles. The SMILES string of the molecule is CCCNC1c2ccccc2C(C)CC1N(CC)CCC. The van der Waals surface area contributed by atoms with Crippen molar-refractivity contribution in [2.45, 2.75) is 65.0 Å². The first-order valence-electron chi connectivity index (χ1n) is 8.79. The van der Waals surface area contributed by atoms with Gasteiger partial charge in [-0.25, -0.2) is 0 Å². The molecule has 0 heterocycles. The molecule has 1 aromatic carbocycles. The summed E-state index contributed by atoms with van der Waals surface area (Å²) in [6, 6.07) is 10.2. The monoisotopic (exact) mass is 288 g/mol. The van der Waals surface area contributed by atoms with Crippen LogP contribution in [0.1, 0.15) is 70.0 Å². The summed E-state index contributed by atoms with van der Waals surface area (Å²) < 4.78 is 0. The lowest BCUT2D eigenvalue weighted by atomic mass is 9.77. The summed E-state index contributed by atoms with van der Waals surface area (Å²) in [6.07, 6.45) is 3.70. The highest BCUT2D eigenvalue weighted by Gasteiger charge is 2.35. The maximum atomic E-state index is 3.83. The second-order valence-electron chi connectivity index (χ2n) is 6.39. The van der Waals surface area contributed by atoms with Crippen LogP contribution in [0.4, 0.5) is 0 Å². The average molecular weight is 288 g/mol. The third kappa shape index (κ3) is 3.67. The Labute approximate surface area is 130 Å². The lowest BCUT2D eigenvalue weighted by Gasteiger charge is -2.43. The molecule has 0 fully saturated rings. The second kappa shape index (κ2) is 7.95. The summed E-state index contributed by atoms with van der Waals surface area (Å²) in [5.74, 6) is 0.664. The fraction of sp³-hybridized carbons (Fsp3) is 0.684. The molecule has 0 amide bonds. The number of rotatable bonds is 7. The predicted molar refractivity (Wildman–Crippen MR) is 91.8 cm³/mol. The molecule has 2 rings (SSSR count). The van der Waals surface area contributed by atoms with Crippen LogP contribution in [0.2, 0.25) is 0 Å². The van der Waals surface area contributed by atoms with Gasteiger partial charge in [-0.15, -0.1) is 0 Å². The van der Waals surface area contributed by atoms with Crippen molar-refractivity contribution in [3.63, 3.8) is 0 Å². The van der Waals surface area contributed by atoms with E-state index in [1.54, 1.807) is 5.56 Å². The number of fused-ring (bicyclic) bond motifs is 1. The zero-order valence-electron chi connectivity index (χ0n) is 14.2. The zero-order valence-corrected chi connectivity index (χ0v) is 14.2. The van der Waals surface area contributed by atoms with Crippen LogP contribution in [0.5, 0.6) is 0 Å². The summed E-state index contributed by atoms with van der Waals surface area (Å²) in [4.78, 5) is 2.68. The Morgan fingerprint density at radius 3 is 2.43 bits per heavy atom. The first-order chi connectivity index (χ1) is 10.2. The lowest BCUT2D eigenvalue weighted by Crippen LogP contribution is -2.48. The molecule has 118 valence electrons. The molecule has 21 heavy (non-hydrogen) atoms. The van der Waals surface area contributed by atoms with Crippen LogP contribution in [-0.4, -0.2) is 30.6 Å². The molecule has 0 spiro atoms. The zero-order chi connectivity index (χ0) is 15.2. The van der Waals surface area contributed by atoms with E-state index in [-0.39, 0.29) is 0 Å². The van der Waals surface area contributed by atoms with E-state index in [0.29, 0.717) is 18.0 Å². The molecule has 2 nitrogen and oxygen atoms in total. The minimum Gasteiger partial charge on any atom is -0.309 e. The third-order valence-electron chi connectivity index (χ3n) is 4.84. The van der Waals surface area contributed by atoms with Gasteiger partial charge in [-0.3, -0.25) is 4.90 Å². The molecule has 0 saturated heterocycles. The average Bonchev–Trinajstić information content (AvgIpc) is 2.52. The van der Waals surface area contributed by atoms with Crippen LogP contribution in [0, 0.1) is 0 Å². The highest BCUT2D eigenvalue weighted by Crippen LogP contribution is 2.39. The Kier molecular flexibility index (Phi) is 6.25. The van der Waals surface area contributed by atoms with Crippen molar-refractivity contribution >= 4 is 0 Å². The minimum absolute atomic E-state index is 0.490. The summed E-state index contributed by atoms with van der Waals surface area (Å²) in [7, 11) is 0. The van der Waals surface area contributed by atoms with Crippen molar-refractivity contribution in [2.75, 3.05) is 19.6 Å². The fourth-order valence-electron chi connectivity index (χ4n) is 3.83. The van der Waals surface area contributed by atoms with E-state index in [4.69, 9.17) is 0 Å².